The summed E-state index contributed by atoms with van der Waals surface area (Å²) in [4.78, 5) is 0. The fourth-order valence-corrected chi connectivity index (χ4v) is 5.15. The van der Waals surface area contributed by atoms with Crippen molar-refractivity contribution in [3.8, 4) is 5.75 Å². The Balaban J connectivity index is 3.07. The van der Waals surface area contributed by atoms with Gasteiger partial charge in [-0.05, 0) is 79.7 Å². The molecule has 0 bridgehead atoms. The number of phenolic OH excluding ortho intramolecular Hbond substituents is 1. The van der Waals surface area contributed by atoms with Crippen LogP contribution >= 0.6 is 0 Å². The second kappa shape index (κ2) is 17.6. The highest BCUT2D eigenvalue weighted by molar-refractivity contribution is 5.55. The number of benzene rings is 1. The predicted octanol–water partition coefficient (Wildman–Crippen LogP) is 9.80. The van der Waals surface area contributed by atoms with Gasteiger partial charge in [0.1, 0.15) is 5.75 Å². The van der Waals surface area contributed by atoms with Crippen molar-refractivity contribution in [3.05, 3.63) is 27.8 Å². The molecule has 0 radical (unpaired) electrons. The number of hydrogen-bond donors (Lipinski definition) is 1. The number of rotatable bonds is 19. The summed E-state index contributed by atoms with van der Waals surface area (Å²) in [5.74, 6) is 0.647. The van der Waals surface area contributed by atoms with Crippen LogP contribution < -0.4 is 0 Å². The highest BCUT2D eigenvalue weighted by Crippen LogP contribution is 2.37. The average molecular weight is 431 g/mol. The Bertz CT molecular complexity index is 546. The topological polar surface area (TPSA) is 20.2 Å². The van der Waals surface area contributed by atoms with Crippen molar-refractivity contribution in [2.45, 2.75) is 157 Å². The van der Waals surface area contributed by atoms with Crippen LogP contribution in [0.1, 0.15) is 152 Å². The molecule has 1 N–H and O–H groups in total. The molecule has 0 unspecified atom stereocenters. The van der Waals surface area contributed by atoms with Crippen molar-refractivity contribution < 1.29 is 5.11 Å². The maximum atomic E-state index is 11.3. The van der Waals surface area contributed by atoms with Gasteiger partial charge in [0.2, 0.25) is 0 Å². The van der Waals surface area contributed by atoms with Crippen molar-refractivity contribution >= 4 is 0 Å². The quantitative estimate of drug-likeness (QED) is 0.216. The normalized spacial score (nSPS) is 11.4. The number of phenols is 1. The molecular weight excluding hydrogens is 376 g/mol. The molecule has 0 saturated heterocycles. The molecule has 0 atom stereocenters. The van der Waals surface area contributed by atoms with Crippen LogP contribution in [-0.2, 0) is 25.7 Å². The standard InChI is InChI=1S/C30H54O/c1-6-10-13-16-19-22-27-25(5)26(9-4)30(31)29(24-21-18-15-12-8-3)28(27)23-20-17-14-11-7-2/h31H,6-24H2,1-5H3. The van der Waals surface area contributed by atoms with Gasteiger partial charge in [0.15, 0.2) is 0 Å². The van der Waals surface area contributed by atoms with E-state index in [1.165, 1.54) is 125 Å². The lowest BCUT2D eigenvalue weighted by molar-refractivity contribution is 0.456. The Morgan fingerprint density at radius 3 is 1.26 bits per heavy atom. The van der Waals surface area contributed by atoms with Gasteiger partial charge in [0.25, 0.3) is 0 Å². The van der Waals surface area contributed by atoms with E-state index in [-0.39, 0.29) is 0 Å². The first kappa shape index (κ1) is 28.1. The van der Waals surface area contributed by atoms with Crippen molar-refractivity contribution in [3.63, 3.8) is 0 Å². The van der Waals surface area contributed by atoms with Crippen LogP contribution in [0.3, 0.4) is 0 Å². The summed E-state index contributed by atoms with van der Waals surface area (Å²) in [6, 6.07) is 0. The van der Waals surface area contributed by atoms with E-state index < -0.39 is 0 Å². The molecule has 1 nitrogen and oxygen atoms in total. The van der Waals surface area contributed by atoms with Gasteiger partial charge in [-0.15, -0.1) is 0 Å². The van der Waals surface area contributed by atoms with E-state index in [9.17, 15) is 5.11 Å². The zero-order chi connectivity index (χ0) is 22.9. The van der Waals surface area contributed by atoms with Gasteiger partial charge >= 0.3 is 0 Å². The van der Waals surface area contributed by atoms with Crippen LogP contribution in [0.15, 0.2) is 0 Å². The zero-order valence-electron chi connectivity index (χ0n) is 21.9. The van der Waals surface area contributed by atoms with Gasteiger partial charge in [-0.2, -0.15) is 0 Å². The second-order valence-corrected chi connectivity index (χ2v) is 9.73. The Morgan fingerprint density at radius 1 is 0.452 bits per heavy atom. The van der Waals surface area contributed by atoms with Crippen molar-refractivity contribution in [1.29, 1.82) is 0 Å². The van der Waals surface area contributed by atoms with Crippen LogP contribution in [0.25, 0.3) is 0 Å². The summed E-state index contributed by atoms with van der Waals surface area (Å²) in [6.45, 7) is 11.4. The third-order valence-corrected chi connectivity index (χ3v) is 7.15. The van der Waals surface area contributed by atoms with Gasteiger partial charge in [-0.1, -0.05) is 105 Å². The number of aromatic hydroxyl groups is 1. The lowest BCUT2D eigenvalue weighted by atomic mass is 9.83. The lowest BCUT2D eigenvalue weighted by Gasteiger charge is -2.23. The van der Waals surface area contributed by atoms with E-state index in [1.54, 1.807) is 5.56 Å². The minimum absolute atomic E-state index is 0.647. The molecule has 1 aromatic rings. The molecule has 0 heterocycles. The molecule has 0 saturated carbocycles. The molecule has 180 valence electrons. The molecule has 31 heavy (non-hydrogen) atoms. The minimum Gasteiger partial charge on any atom is -0.507 e. The molecule has 1 rings (SSSR count). The van der Waals surface area contributed by atoms with E-state index in [4.69, 9.17) is 0 Å². The van der Waals surface area contributed by atoms with E-state index in [2.05, 4.69) is 34.6 Å². The highest BCUT2D eigenvalue weighted by atomic mass is 16.3. The summed E-state index contributed by atoms with van der Waals surface area (Å²) in [7, 11) is 0. The van der Waals surface area contributed by atoms with Crippen molar-refractivity contribution in [1.82, 2.24) is 0 Å². The van der Waals surface area contributed by atoms with Gasteiger partial charge in [0, 0.05) is 0 Å². The lowest BCUT2D eigenvalue weighted by Crippen LogP contribution is -2.08. The first-order chi connectivity index (χ1) is 15.1. The third-order valence-electron chi connectivity index (χ3n) is 7.15. The fourth-order valence-electron chi connectivity index (χ4n) is 5.15. The number of unbranched alkanes of at least 4 members (excludes halogenated alkanes) is 12. The Morgan fingerprint density at radius 2 is 0.839 bits per heavy atom. The first-order valence-corrected chi connectivity index (χ1v) is 14.0. The Kier molecular flexibility index (Phi) is 15.9. The molecule has 0 aliphatic carbocycles. The van der Waals surface area contributed by atoms with E-state index in [0.29, 0.717) is 5.75 Å². The predicted molar refractivity (Wildman–Crippen MR) is 140 cm³/mol. The third kappa shape index (κ3) is 10.0. The van der Waals surface area contributed by atoms with Crippen molar-refractivity contribution in [2.75, 3.05) is 0 Å². The van der Waals surface area contributed by atoms with Gasteiger partial charge in [-0.25, -0.2) is 0 Å². The maximum absolute atomic E-state index is 11.3. The van der Waals surface area contributed by atoms with Crippen molar-refractivity contribution in [2.24, 2.45) is 0 Å². The summed E-state index contributed by atoms with van der Waals surface area (Å²) in [6.07, 6.45) is 24.2. The molecule has 1 aromatic carbocycles. The molecular formula is C30H54O. The Labute approximate surface area is 195 Å². The average Bonchev–Trinajstić information content (AvgIpc) is 2.76. The fraction of sp³-hybridized carbons (Fsp3) is 0.800. The second-order valence-electron chi connectivity index (χ2n) is 9.73. The van der Waals surface area contributed by atoms with Gasteiger partial charge in [0.05, 0.1) is 0 Å². The molecule has 0 aliphatic rings. The zero-order valence-corrected chi connectivity index (χ0v) is 21.9. The Hall–Kier alpha value is -0.980. The molecule has 0 aromatic heterocycles. The summed E-state index contributed by atoms with van der Waals surface area (Å²) >= 11 is 0. The van der Waals surface area contributed by atoms with Gasteiger partial charge in [-0.3, -0.25) is 0 Å². The van der Waals surface area contributed by atoms with Crippen LogP contribution in [0.2, 0.25) is 0 Å². The molecule has 0 spiro atoms. The molecule has 1 heteroatoms. The summed E-state index contributed by atoms with van der Waals surface area (Å²) in [5.41, 5.74) is 7.08. The molecule has 0 aliphatic heterocycles. The van der Waals surface area contributed by atoms with Crippen LogP contribution in [-0.4, -0.2) is 5.11 Å². The molecule has 0 amide bonds. The van der Waals surface area contributed by atoms with Crippen LogP contribution in [0, 0.1) is 6.92 Å². The van der Waals surface area contributed by atoms with E-state index >= 15 is 0 Å². The first-order valence-electron chi connectivity index (χ1n) is 14.0. The van der Waals surface area contributed by atoms with E-state index in [0.717, 1.165) is 19.3 Å². The van der Waals surface area contributed by atoms with Gasteiger partial charge < -0.3 is 5.11 Å². The highest BCUT2D eigenvalue weighted by Gasteiger charge is 2.20. The van der Waals surface area contributed by atoms with Crippen LogP contribution in [0.4, 0.5) is 0 Å². The monoisotopic (exact) mass is 430 g/mol. The summed E-state index contributed by atoms with van der Waals surface area (Å²) in [5, 5.41) is 11.3. The minimum atomic E-state index is 0.647. The number of hydrogen-bond acceptors (Lipinski definition) is 1. The SMILES string of the molecule is CCCCCCCc1c(C)c(CC)c(O)c(CCCCCCC)c1CCCCCCC. The maximum Gasteiger partial charge on any atom is 0.122 e. The van der Waals surface area contributed by atoms with E-state index in [1.807, 2.05) is 0 Å². The van der Waals surface area contributed by atoms with Crippen LogP contribution in [0.5, 0.6) is 5.75 Å². The smallest absolute Gasteiger partial charge is 0.122 e. The molecule has 0 fully saturated rings. The summed E-state index contributed by atoms with van der Waals surface area (Å²) < 4.78 is 0. The largest absolute Gasteiger partial charge is 0.507 e.